The van der Waals surface area contributed by atoms with Crippen LogP contribution in [0.4, 0.5) is 5.69 Å². The third-order valence-corrected chi connectivity index (χ3v) is 7.76. The molecule has 0 aliphatic heterocycles. The van der Waals surface area contributed by atoms with Crippen LogP contribution in [-0.4, -0.2) is 42.9 Å². The van der Waals surface area contributed by atoms with Crippen molar-refractivity contribution in [1.29, 1.82) is 0 Å². The van der Waals surface area contributed by atoms with Crippen LogP contribution in [0.1, 0.15) is 56.6 Å². The van der Waals surface area contributed by atoms with Gasteiger partial charge in [0.05, 0.1) is 6.54 Å². The molecule has 0 saturated heterocycles. The minimum Gasteiger partial charge on any atom is -0.451 e. The number of aryl methyl sites for hydroxylation is 2. The molecule has 3 amide bonds. The van der Waals surface area contributed by atoms with Crippen molar-refractivity contribution >= 4 is 29.4 Å². The van der Waals surface area contributed by atoms with Crippen molar-refractivity contribution in [3.05, 3.63) is 29.3 Å². The molecule has 8 heteroatoms. The van der Waals surface area contributed by atoms with Crippen molar-refractivity contribution in [2.24, 2.45) is 23.2 Å². The normalized spacial score (nSPS) is 27.6. The number of benzene rings is 1. The zero-order valence-corrected chi connectivity index (χ0v) is 20.2. The molecule has 0 radical (unpaired) electrons. The summed E-state index contributed by atoms with van der Waals surface area (Å²) < 4.78 is 5.17. The Morgan fingerprint density at radius 1 is 0.941 bits per heavy atom. The van der Waals surface area contributed by atoms with Crippen molar-refractivity contribution in [1.82, 2.24) is 10.6 Å². The average molecular weight is 470 g/mol. The number of nitrogens with one attached hydrogen (secondary N) is 3. The molecule has 8 nitrogen and oxygen atoms in total. The van der Waals surface area contributed by atoms with Crippen LogP contribution in [0.2, 0.25) is 0 Å². The summed E-state index contributed by atoms with van der Waals surface area (Å²) in [6, 6.07) is 5.69. The third kappa shape index (κ3) is 5.26. The second-order valence-corrected chi connectivity index (χ2v) is 10.5. The van der Waals surface area contributed by atoms with Gasteiger partial charge in [0, 0.05) is 11.1 Å². The number of anilines is 1. The molecule has 4 saturated carbocycles. The van der Waals surface area contributed by atoms with Gasteiger partial charge in [-0.2, -0.15) is 0 Å². The van der Waals surface area contributed by atoms with Gasteiger partial charge in [-0.15, -0.1) is 0 Å². The van der Waals surface area contributed by atoms with Gasteiger partial charge in [0.25, 0.3) is 5.91 Å². The second kappa shape index (κ2) is 9.76. The molecular formula is C26H35N3O5. The average Bonchev–Trinajstić information content (AvgIpc) is 2.77. The van der Waals surface area contributed by atoms with E-state index in [0.717, 1.165) is 36.1 Å². The Morgan fingerprint density at radius 2 is 1.50 bits per heavy atom. The van der Waals surface area contributed by atoms with E-state index in [4.69, 9.17) is 4.74 Å². The maximum Gasteiger partial charge on any atom is 0.326 e. The summed E-state index contributed by atoms with van der Waals surface area (Å²) in [4.78, 5) is 49.7. The maximum absolute atomic E-state index is 13.0. The molecule has 1 aromatic carbocycles. The molecule has 1 unspecified atom stereocenters. The molecule has 4 aliphatic carbocycles. The number of ether oxygens (including phenoxy) is 1. The van der Waals surface area contributed by atoms with E-state index in [-0.39, 0.29) is 30.3 Å². The van der Waals surface area contributed by atoms with Gasteiger partial charge < -0.3 is 20.7 Å². The zero-order valence-electron chi connectivity index (χ0n) is 20.2. The Bertz CT molecular complexity index is 933. The van der Waals surface area contributed by atoms with E-state index in [2.05, 4.69) is 16.0 Å². The molecule has 34 heavy (non-hydrogen) atoms. The Hall–Kier alpha value is -2.90. The lowest BCUT2D eigenvalue weighted by Gasteiger charge is -2.55. The molecule has 4 fully saturated rings. The first kappa shape index (κ1) is 24.2. The van der Waals surface area contributed by atoms with Crippen LogP contribution in [-0.2, 0) is 23.9 Å². The van der Waals surface area contributed by atoms with Gasteiger partial charge in [0.15, 0.2) is 6.10 Å². The quantitative estimate of drug-likeness (QED) is 0.507. The van der Waals surface area contributed by atoms with Gasteiger partial charge >= 0.3 is 5.97 Å². The number of hydrogen-bond donors (Lipinski definition) is 3. The molecule has 1 atom stereocenters. The highest BCUT2D eigenvalue weighted by Gasteiger charge is 2.54. The van der Waals surface area contributed by atoms with Crippen molar-refractivity contribution < 1.29 is 23.9 Å². The van der Waals surface area contributed by atoms with Gasteiger partial charge in [0.2, 0.25) is 11.8 Å². The topological polar surface area (TPSA) is 114 Å². The molecular weight excluding hydrogens is 434 g/mol. The maximum atomic E-state index is 13.0. The Morgan fingerprint density at radius 3 is 2.06 bits per heavy atom. The third-order valence-electron chi connectivity index (χ3n) is 7.76. The molecule has 184 valence electrons. The van der Waals surface area contributed by atoms with E-state index in [1.165, 1.54) is 26.2 Å². The highest BCUT2D eigenvalue weighted by molar-refractivity contribution is 5.96. The first-order valence-electron chi connectivity index (χ1n) is 12.3. The summed E-state index contributed by atoms with van der Waals surface area (Å²) >= 11 is 0. The lowest BCUT2D eigenvalue weighted by Crippen LogP contribution is -2.54. The predicted octanol–water partition coefficient (Wildman–Crippen LogP) is 2.62. The van der Waals surface area contributed by atoms with Crippen LogP contribution in [0.3, 0.4) is 0 Å². The molecule has 1 aromatic rings. The van der Waals surface area contributed by atoms with E-state index in [9.17, 15) is 19.2 Å². The summed E-state index contributed by atoms with van der Waals surface area (Å²) in [5, 5.41) is 8.04. The molecule has 0 spiro atoms. The minimum atomic E-state index is -1.07. The minimum absolute atomic E-state index is 0.0520. The van der Waals surface area contributed by atoms with E-state index < -0.39 is 18.0 Å². The van der Waals surface area contributed by atoms with E-state index >= 15 is 0 Å². The summed E-state index contributed by atoms with van der Waals surface area (Å²) in [5.74, 6) is 0.257. The fourth-order valence-electron chi connectivity index (χ4n) is 6.53. The number of amides is 3. The van der Waals surface area contributed by atoms with Gasteiger partial charge in [-0.3, -0.25) is 19.2 Å². The number of esters is 1. The van der Waals surface area contributed by atoms with E-state index in [1.807, 2.05) is 32.0 Å². The second-order valence-electron chi connectivity index (χ2n) is 10.5. The lowest BCUT2D eigenvalue weighted by molar-refractivity contribution is -0.156. The molecule has 4 bridgehead atoms. The van der Waals surface area contributed by atoms with Gasteiger partial charge in [-0.1, -0.05) is 18.2 Å². The van der Waals surface area contributed by atoms with Crippen LogP contribution in [0, 0.1) is 37.0 Å². The standard InChI is InChI=1S/C26H35N3O5/c1-15-5-4-6-16(2)23(15)29-21(30)13-27-24(32)17(3)34-22(31)14-28-25(33)26-10-18-7-19(11-26)9-20(8-18)12-26/h4-6,17-20H,7-14H2,1-3H3,(H,27,32)(H,28,33)(H,29,30). The van der Waals surface area contributed by atoms with Crippen molar-refractivity contribution in [3.8, 4) is 0 Å². The van der Waals surface area contributed by atoms with Crippen LogP contribution in [0.25, 0.3) is 0 Å². The Kier molecular flexibility index (Phi) is 6.96. The van der Waals surface area contributed by atoms with Crippen molar-refractivity contribution in [3.63, 3.8) is 0 Å². The molecule has 5 rings (SSSR count). The number of carbonyl (C=O) groups excluding carboxylic acids is 4. The molecule has 0 aromatic heterocycles. The zero-order chi connectivity index (χ0) is 24.5. The van der Waals surface area contributed by atoms with E-state index in [0.29, 0.717) is 17.8 Å². The smallest absolute Gasteiger partial charge is 0.326 e. The van der Waals surface area contributed by atoms with Crippen molar-refractivity contribution in [2.45, 2.75) is 65.4 Å². The Labute approximate surface area is 200 Å². The number of hydrogen-bond acceptors (Lipinski definition) is 5. The summed E-state index contributed by atoms with van der Waals surface area (Å²) in [6.07, 6.45) is 5.41. The van der Waals surface area contributed by atoms with E-state index in [1.54, 1.807) is 0 Å². The lowest BCUT2D eigenvalue weighted by atomic mass is 9.49. The van der Waals surface area contributed by atoms with Gasteiger partial charge in [0.1, 0.15) is 6.54 Å². The first-order chi connectivity index (χ1) is 16.1. The highest BCUT2D eigenvalue weighted by atomic mass is 16.5. The summed E-state index contributed by atoms with van der Waals surface area (Å²) in [5.41, 5.74) is 2.24. The van der Waals surface area contributed by atoms with Crippen LogP contribution in [0.15, 0.2) is 18.2 Å². The summed E-state index contributed by atoms with van der Waals surface area (Å²) in [7, 11) is 0. The van der Waals surface area contributed by atoms with Gasteiger partial charge in [-0.05, 0) is 88.2 Å². The van der Waals surface area contributed by atoms with Crippen LogP contribution in [0.5, 0.6) is 0 Å². The van der Waals surface area contributed by atoms with Crippen molar-refractivity contribution in [2.75, 3.05) is 18.4 Å². The molecule has 4 aliphatic rings. The van der Waals surface area contributed by atoms with Gasteiger partial charge in [-0.25, -0.2) is 0 Å². The largest absolute Gasteiger partial charge is 0.451 e. The first-order valence-corrected chi connectivity index (χ1v) is 12.3. The highest BCUT2D eigenvalue weighted by Crippen LogP contribution is 2.60. The fourth-order valence-corrected chi connectivity index (χ4v) is 6.53. The fraction of sp³-hybridized carbons (Fsp3) is 0.615. The Balaban J connectivity index is 1.19. The SMILES string of the molecule is Cc1cccc(C)c1NC(=O)CNC(=O)C(C)OC(=O)CNC(=O)C12CC3CC(CC(C3)C1)C2. The van der Waals surface area contributed by atoms with Crippen LogP contribution >= 0.6 is 0 Å². The molecule has 0 heterocycles. The number of rotatable bonds is 8. The summed E-state index contributed by atoms with van der Waals surface area (Å²) in [6.45, 7) is 4.73. The number of para-hydroxylation sites is 1. The molecule has 3 N–H and O–H groups in total. The monoisotopic (exact) mass is 469 g/mol. The number of carbonyl (C=O) groups is 4. The predicted molar refractivity (Wildman–Crippen MR) is 127 cm³/mol. The van der Waals surface area contributed by atoms with Crippen LogP contribution < -0.4 is 16.0 Å².